The number of thiophene rings is 1. The maximum Gasteiger partial charge on any atom is 0.146 e. The highest BCUT2D eigenvalue weighted by Gasteiger charge is 2.17. The van der Waals surface area contributed by atoms with Crippen molar-refractivity contribution < 1.29 is 9.84 Å². The molecule has 0 bridgehead atoms. The van der Waals surface area contributed by atoms with Crippen molar-refractivity contribution in [1.29, 1.82) is 0 Å². The first kappa shape index (κ1) is 15.6. The highest BCUT2D eigenvalue weighted by atomic mass is 32.1. The molecule has 0 amide bonds. The predicted octanol–water partition coefficient (Wildman–Crippen LogP) is 1.54. The molecule has 3 rings (SSSR count). The number of anilines is 1. The van der Waals surface area contributed by atoms with Crippen LogP contribution in [-0.2, 0) is 11.3 Å². The monoisotopic (exact) mass is 322 g/mol. The zero-order chi connectivity index (χ0) is 15.5. The number of fused-ring (bicyclic) bond motifs is 1. The molecule has 1 aliphatic heterocycles. The second-order valence-electron chi connectivity index (χ2n) is 5.49. The molecular weight excluding hydrogens is 300 g/mol. The minimum atomic E-state index is 0.0897. The quantitative estimate of drug-likeness (QED) is 0.870. The van der Waals surface area contributed by atoms with Gasteiger partial charge in [0.2, 0.25) is 0 Å². The van der Waals surface area contributed by atoms with E-state index in [-0.39, 0.29) is 6.61 Å². The number of aromatic nitrogens is 2. The summed E-state index contributed by atoms with van der Waals surface area (Å²) < 4.78 is 5.38. The van der Waals surface area contributed by atoms with Gasteiger partial charge in [-0.05, 0) is 19.4 Å². The van der Waals surface area contributed by atoms with Gasteiger partial charge in [-0.2, -0.15) is 0 Å². The SMILES string of the molecule is Cc1sc2nc(CN3CCOCC3)nc(NCCO)c2c1C. The molecule has 2 aromatic heterocycles. The summed E-state index contributed by atoms with van der Waals surface area (Å²) in [5, 5.41) is 13.4. The smallest absolute Gasteiger partial charge is 0.146 e. The van der Waals surface area contributed by atoms with Crippen LogP contribution in [-0.4, -0.2) is 59.4 Å². The van der Waals surface area contributed by atoms with Crippen LogP contribution in [0.5, 0.6) is 0 Å². The van der Waals surface area contributed by atoms with Crippen LogP contribution in [0, 0.1) is 13.8 Å². The molecule has 0 saturated carbocycles. The molecule has 6 nitrogen and oxygen atoms in total. The fraction of sp³-hybridized carbons (Fsp3) is 0.600. The van der Waals surface area contributed by atoms with Gasteiger partial charge in [0.1, 0.15) is 16.5 Å². The minimum Gasteiger partial charge on any atom is -0.395 e. The number of aliphatic hydroxyl groups excluding tert-OH is 1. The van der Waals surface area contributed by atoms with Crippen LogP contribution >= 0.6 is 11.3 Å². The third-order valence-electron chi connectivity index (χ3n) is 3.95. The Hall–Kier alpha value is -1.28. The number of morpholine rings is 1. The standard InChI is InChI=1S/C15H22N4O2S/c1-10-11(2)22-15-13(10)14(16-3-6-20)17-12(18-15)9-19-4-7-21-8-5-19/h20H,3-9H2,1-2H3,(H,16,17,18). The predicted molar refractivity (Wildman–Crippen MR) is 88.6 cm³/mol. The van der Waals surface area contributed by atoms with Crippen molar-refractivity contribution in [3.8, 4) is 0 Å². The molecule has 0 atom stereocenters. The summed E-state index contributed by atoms with van der Waals surface area (Å²) in [6, 6.07) is 0. The Labute approximate surface area is 134 Å². The minimum absolute atomic E-state index is 0.0897. The number of ether oxygens (including phenoxy) is 1. The topological polar surface area (TPSA) is 70.5 Å². The molecule has 1 aliphatic rings. The largest absolute Gasteiger partial charge is 0.395 e. The Balaban J connectivity index is 1.93. The van der Waals surface area contributed by atoms with Crippen molar-refractivity contribution in [2.75, 3.05) is 44.8 Å². The third kappa shape index (κ3) is 3.22. The molecule has 0 aromatic carbocycles. The Morgan fingerprint density at radius 3 is 2.77 bits per heavy atom. The first-order valence-corrected chi connectivity index (χ1v) is 8.42. The van der Waals surface area contributed by atoms with Gasteiger partial charge in [-0.3, -0.25) is 4.90 Å². The molecule has 2 aromatic rings. The molecule has 7 heteroatoms. The molecule has 2 N–H and O–H groups in total. The number of rotatable bonds is 5. The lowest BCUT2D eigenvalue weighted by Crippen LogP contribution is -2.36. The first-order valence-electron chi connectivity index (χ1n) is 7.60. The normalized spacial score (nSPS) is 16.3. The average Bonchev–Trinajstić information content (AvgIpc) is 2.81. The summed E-state index contributed by atoms with van der Waals surface area (Å²) in [4.78, 5) is 14.0. The average molecular weight is 322 g/mol. The fourth-order valence-electron chi connectivity index (χ4n) is 2.63. The molecule has 3 heterocycles. The van der Waals surface area contributed by atoms with E-state index in [1.165, 1.54) is 10.4 Å². The van der Waals surface area contributed by atoms with Crippen LogP contribution < -0.4 is 5.32 Å². The first-order chi connectivity index (χ1) is 10.7. The number of aliphatic hydroxyl groups is 1. The van der Waals surface area contributed by atoms with E-state index in [2.05, 4.69) is 24.1 Å². The van der Waals surface area contributed by atoms with Crippen LogP contribution in [0.25, 0.3) is 10.2 Å². The Bertz CT molecular complexity index is 653. The van der Waals surface area contributed by atoms with Crippen molar-refractivity contribution >= 4 is 27.4 Å². The molecule has 0 radical (unpaired) electrons. The lowest BCUT2D eigenvalue weighted by atomic mass is 10.2. The zero-order valence-corrected chi connectivity index (χ0v) is 13.9. The van der Waals surface area contributed by atoms with Crippen LogP contribution in [0.1, 0.15) is 16.3 Å². The van der Waals surface area contributed by atoms with Crippen molar-refractivity contribution in [3.63, 3.8) is 0 Å². The molecule has 1 saturated heterocycles. The summed E-state index contributed by atoms with van der Waals surface area (Å²) in [5.74, 6) is 1.67. The van der Waals surface area contributed by atoms with Gasteiger partial charge in [-0.25, -0.2) is 9.97 Å². The van der Waals surface area contributed by atoms with Gasteiger partial charge in [0.25, 0.3) is 0 Å². The van der Waals surface area contributed by atoms with Gasteiger partial charge in [-0.15, -0.1) is 11.3 Å². The molecule has 120 valence electrons. The molecule has 0 unspecified atom stereocenters. The van der Waals surface area contributed by atoms with E-state index < -0.39 is 0 Å². The van der Waals surface area contributed by atoms with Gasteiger partial charge in [-0.1, -0.05) is 0 Å². The summed E-state index contributed by atoms with van der Waals surface area (Å²) >= 11 is 1.71. The van der Waals surface area contributed by atoms with Crippen molar-refractivity contribution in [2.45, 2.75) is 20.4 Å². The number of nitrogens with one attached hydrogen (secondary N) is 1. The van der Waals surface area contributed by atoms with Crippen LogP contribution in [0.4, 0.5) is 5.82 Å². The van der Waals surface area contributed by atoms with Crippen LogP contribution in [0.2, 0.25) is 0 Å². The van der Waals surface area contributed by atoms with E-state index in [1.807, 2.05) is 0 Å². The maximum absolute atomic E-state index is 9.08. The molecule has 0 aliphatic carbocycles. The van der Waals surface area contributed by atoms with E-state index in [0.717, 1.165) is 54.7 Å². The van der Waals surface area contributed by atoms with Crippen molar-refractivity contribution in [2.24, 2.45) is 0 Å². The maximum atomic E-state index is 9.08. The molecule has 22 heavy (non-hydrogen) atoms. The van der Waals surface area contributed by atoms with E-state index in [4.69, 9.17) is 19.8 Å². The van der Waals surface area contributed by atoms with E-state index in [1.54, 1.807) is 11.3 Å². The lowest BCUT2D eigenvalue weighted by Gasteiger charge is -2.25. The third-order valence-corrected chi connectivity index (χ3v) is 5.05. The second-order valence-corrected chi connectivity index (χ2v) is 6.69. The van der Waals surface area contributed by atoms with Crippen LogP contribution in [0.15, 0.2) is 0 Å². The zero-order valence-electron chi connectivity index (χ0n) is 13.1. The molecular formula is C15H22N4O2S. The molecule has 1 fully saturated rings. The van der Waals surface area contributed by atoms with Crippen molar-refractivity contribution in [1.82, 2.24) is 14.9 Å². The van der Waals surface area contributed by atoms with Gasteiger partial charge in [0.05, 0.1) is 31.8 Å². The highest BCUT2D eigenvalue weighted by Crippen LogP contribution is 2.33. The molecule has 0 spiro atoms. The summed E-state index contributed by atoms with van der Waals surface area (Å²) in [6.45, 7) is 8.92. The Kier molecular flexibility index (Phi) is 4.87. The number of aryl methyl sites for hydroxylation is 2. The fourth-order valence-corrected chi connectivity index (χ4v) is 3.67. The van der Waals surface area contributed by atoms with Gasteiger partial charge in [0, 0.05) is 24.5 Å². The lowest BCUT2D eigenvalue weighted by molar-refractivity contribution is 0.0331. The van der Waals surface area contributed by atoms with E-state index >= 15 is 0 Å². The highest BCUT2D eigenvalue weighted by molar-refractivity contribution is 7.18. The van der Waals surface area contributed by atoms with Crippen LogP contribution in [0.3, 0.4) is 0 Å². The second kappa shape index (κ2) is 6.87. The number of hydrogen-bond donors (Lipinski definition) is 2. The van der Waals surface area contributed by atoms with Gasteiger partial charge in [0.15, 0.2) is 0 Å². The van der Waals surface area contributed by atoms with Gasteiger partial charge < -0.3 is 15.2 Å². The van der Waals surface area contributed by atoms with Crippen molar-refractivity contribution in [3.05, 3.63) is 16.3 Å². The summed E-state index contributed by atoms with van der Waals surface area (Å²) in [7, 11) is 0. The Morgan fingerprint density at radius 2 is 2.05 bits per heavy atom. The number of nitrogens with zero attached hydrogens (tertiary/aromatic N) is 3. The summed E-state index contributed by atoms with van der Waals surface area (Å²) in [5.41, 5.74) is 1.22. The van der Waals surface area contributed by atoms with Gasteiger partial charge >= 0.3 is 0 Å². The van der Waals surface area contributed by atoms with E-state index in [0.29, 0.717) is 6.54 Å². The van der Waals surface area contributed by atoms with E-state index in [9.17, 15) is 0 Å². The Morgan fingerprint density at radius 1 is 1.27 bits per heavy atom. The summed E-state index contributed by atoms with van der Waals surface area (Å²) in [6.07, 6.45) is 0. The number of hydrogen-bond acceptors (Lipinski definition) is 7.